The molecule has 0 unspecified atom stereocenters. The summed E-state index contributed by atoms with van der Waals surface area (Å²) in [4.78, 5) is 23.7. The number of halogens is 1. The number of aliphatic hydroxyl groups excluding tert-OH is 1. The van der Waals surface area contributed by atoms with Crippen LogP contribution in [0.25, 0.3) is 0 Å². The zero-order valence-corrected chi connectivity index (χ0v) is 23.0. The number of para-hydroxylation sites is 1. The Morgan fingerprint density at radius 3 is 2.23 bits per heavy atom. The first-order valence-corrected chi connectivity index (χ1v) is 13.2. The van der Waals surface area contributed by atoms with Crippen LogP contribution in [0, 0.1) is 5.82 Å². The molecule has 40 heavy (non-hydrogen) atoms. The fraction of sp³-hybridized carbons (Fsp3) is 0.323. The fourth-order valence-corrected chi connectivity index (χ4v) is 4.95. The SMILES string of the molecule is O=C([O-])[C@@H](N=C(c1ccccc1)c1ccccc1N=C([O-])CN1CCCCC1)[C@@H](CCO)c1ccc(F)cc1.[Ni+2]. The Hall–Kier alpha value is -3.39. The van der Waals surface area contributed by atoms with Gasteiger partial charge in [0.15, 0.2) is 0 Å². The Bertz CT molecular complexity index is 1300. The van der Waals surface area contributed by atoms with Crippen LogP contribution in [0.15, 0.2) is 88.8 Å². The van der Waals surface area contributed by atoms with Crippen molar-refractivity contribution >= 4 is 23.3 Å². The predicted molar refractivity (Wildman–Crippen MR) is 146 cm³/mol. The molecule has 0 amide bonds. The van der Waals surface area contributed by atoms with Crippen LogP contribution in [0.1, 0.15) is 48.3 Å². The molecule has 212 valence electrons. The van der Waals surface area contributed by atoms with E-state index in [9.17, 15) is 24.5 Å². The predicted octanol–water partition coefficient (Wildman–Crippen LogP) is 2.82. The van der Waals surface area contributed by atoms with Gasteiger partial charge >= 0.3 is 16.5 Å². The molecular weight excluding hydrogens is 556 g/mol. The number of benzene rings is 3. The van der Waals surface area contributed by atoms with Gasteiger partial charge in [0, 0.05) is 30.2 Å². The van der Waals surface area contributed by atoms with E-state index in [0.717, 1.165) is 32.4 Å². The molecule has 9 heteroatoms. The van der Waals surface area contributed by atoms with Gasteiger partial charge in [0.05, 0.1) is 23.4 Å². The van der Waals surface area contributed by atoms with Gasteiger partial charge in [0.25, 0.3) is 0 Å². The average Bonchev–Trinajstić information content (AvgIpc) is 2.95. The molecule has 1 aliphatic heterocycles. The molecule has 1 saturated heterocycles. The Balaban J connectivity index is 0.00000441. The van der Waals surface area contributed by atoms with Crippen LogP contribution in [-0.2, 0) is 21.3 Å². The van der Waals surface area contributed by atoms with Gasteiger partial charge in [-0.3, -0.25) is 14.9 Å². The zero-order chi connectivity index (χ0) is 27.6. The van der Waals surface area contributed by atoms with Crippen LogP contribution in [0.3, 0.4) is 0 Å². The Kier molecular flexibility index (Phi) is 12.0. The maximum Gasteiger partial charge on any atom is 2.00 e. The monoisotopic (exact) mass is 587 g/mol. The second kappa shape index (κ2) is 15.4. The van der Waals surface area contributed by atoms with E-state index in [-0.39, 0.29) is 42.0 Å². The summed E-state index contributed by atoms with van der Waals surface area (Å²) in [6.45, 7) is 1.65. The van der Waals surface area contributed by atoms with Crippen molar-refractivity contribution < 1.29 is 41.0 Å². The molecule has 0 radical (unpaired) electrons. The van der Waals surface area contributed by atoms with Crippen molar-refractivity contribution in [2.45, 2.75) is 37.6 Å². The maximum atomic E-state index is 13.6. The van der Waals surface area contributed by atoms with E-state index in [1.54, 1.807) is 36.4 Å². The summed E-state index contributed by atoms with van der Waals surface area (Å²) in [7, 11) is 0. The average molecular weight is 588 g/mol. The third-order valence-corrected chi connectivity index (χ3v) is 6.89. The van der Waals surface area contributed by atoms with Crippen molar-refractivity contribution in [3.8, 4) is 0 Å². The number of hydrogen-bond acceptors (Lipinski definition) is 7. The second-order valence-electron chi connectivity index (χ2n) is 9.64. The summed E-state index contributed by atoms with van der Waals surface area (Å²) >= 11 is 0. The number of carboxylic acids is 1. The minimum absolute atomic E-state index is 0. The first kappa shape index (κ1) is 31.1. The largest absolute Gasteiger partial charge is 2.00 e. The number of aliphatic imine (C=N–C) groups is 2. The number of aliphatic carboxylic acids is 1. The summed E-state index contributed by atoms with van der Waals surface area (Å²) in [6.07, 6.45) is 3.36. The number of piperidine rings is 1. The quantitative estimate of drug-likeness (QED) is 0.211. The van der Waals surface area contributed by atoms with Crippen LogP contribution in [0.2, 0.25) is 0 Å². The molecule has 1 fully saturated rings. The van der Waals surface area contributed by atoms with Crippen LogP contribution in [0.4, 0.5) is 10.1 Å². The number of hydrogen-bond donors (Lipinski definition) is 1. The second-order valence-corrected chi connectivity index (χ2v) is 9.64. The van der Waals surface area contributed by atoms with Crippen molar-refractivity contribution in [1.29, 1.82) is 0 Å². The third kappa shape index (κ3) is 8.31. The number of aliphatic hydroxyl groups is 1. The first-order valence-electron chi connectivity index (χ1n) is 13.2. The van der Waals surface area contributed by atoms with Crippen molar-refractivity contribution in [1.82, 2.24) is 4.90 Å². The number of nitrogens with zero attached hydrogens (tertiary/aromatic N) is 3. The number of carbonyl (C=O) groups excluding carboxylic acids is 1. The maximum absolute atomic E-state index is 13.6. The molecular formula is C31H32FN3NiO4. The minimum Gasteiger partial charge on any atom is -0.861 e. The van der Waals surface area contributed by atoms with Gasteiger partial charge in [-0.25, -0.2) is 4.39 Å². The van der Waals surface area contributed by atoms with Crippen LogP contribution >= 0.6 is 0 Å². The van der Waals surface area contributed by atoms with E-state index in [2.05, 4.69) is 14.9 Å². The summed E-state index contributed by atoms with van der Waals surface area (Å²) in [5, 5.41) is 35.1. The van der Waals surface area contributed by atoms with Gasteiger partial charge in [-0.05, 0) is 62.0 Å². The topological polar surface area (TPSA) is 111 Å². The molecule has 3 aromatic rings. The van der Waals surface area contributed by atoms with Gasteiger partial charge in [-0.1, -0.05) is 67.1 Å². The van der Waals surface area contributed by atoms with Crippen molar-refractivity contribution in [2.24, 2.45) is 9.98 Å². The molecule has 1 N–H and O–H groups in total. The van der Waals surface area contributed by atoms with E-state index >= 15 is 0 Å². The van der Waals surface area contributed by atoms with Crippen molar-refractivity contribution in [3.63, 3.8) is 0 Å². The smallest absolute Gasteiger partial charge is 0.861 e. The Labute approximate surface area is 244 Å². The molecule has 0 aromatic heterocycles. The van der Waals surface area contributed by atoms with Crippen LogP contribution in [-0.4, -0.2) is 59.9 Å². The molecule has 0 aliphatic carbocycles. The summed E-state index contributed by atoms with van der Waals surface area (Å²) in [6, 6.07) is 20.2. The number of carboxylic acid groups (broad SMARTS) is 1. The molecule has 4 rings (SSSR count). The number of likely N-dealkylation sites (tertiary alicyclic amines) is 1. The normalized spacial score (nSPS) is 16.1. The summed E-state index contributed by atoms with van der Waals surface area (Å²) in [5.74, 6) is -2.94. The van der Waals surface area contributed by atoms with Gasteiger partial charge < -0.3 is 20.1 Å². The van der Waals surface area contributed by atoms with Gasteiger partial charge in [-0.15, -0.1) is 0 Å². The van der Waals surface area contributed by atoms with Crippen molar-refractivity contribution in [3.05, 3.63) is 101 Å². The van der Waals surface area contributed by atoms with Crippen molar-refractivity contribution in [2.75, 3.05) is 26.2 Å². The molecule has 7 nitrogen and oxygen atoms in total. The van der Waals surface area contributed by atoms with E-state index in [1.165, 1.54) is 24.3 Å². The van der Waals surface area contributed by atoms with Crippen LogP contribution < -0.4 is 10.2 Å². The van der Waals surface area contributed by atoms with Gasteiger partial charge in [-0.2, -0.15) is 0 Å². The molecule has 0 spiro atoms. The first-order chi connectivity index (χ1) is 19.0. The van der Waals surface area contributed by atoms with E-state index in [1.807, 2.05) is 18.2 Å². The molecule has 2 atom stereocenters. The number of rotatable bonds is 11. The molecule has 3 aromatic carbocycles. The molecule has 0 saturated carbocycles. The summed E-state index contributed by atoms with van der Waals surface area (Å²) < 4.78 is 13.6. The number of carbonyl (C=O) groups is 1. The zero-order valence-electron chi connectivity index (χ0n) is 22.0. The Morgan fingerprint density at radius 1 is 0.925 bits per heavy atom. The molecule has 1 heterocycles. The van der Waals surface area contributed by atoms with E-state index in [0.29, 0.717) is 28.1 Å². The van der Waals surface area contributed by atoms with E-state index < -0.39 is 23.7 Å². The molecule has 0 bridgehead atoms. The van der Waals surface area contributed by atoms with Crippen LogP contribution in [0.5, 0.6) is 0 Å². The standard InChI is InChI=1S/C31H34FN3O4.Ni/c32-24-15-13-22(14-16-24)25(17-20-36)30(31(38)39)34-29(23-9-3-1-4-10-23)26-11-5-6-12-27(26)33-28(37)21-35-18-7-2-8-19-35;/h1,3-6,9-16,25,30,36H,2,7-8,17-21H2,(H,33,37)(H,38,39);/q;+2/p-2/t25-,30-;/m0./s1. The third-order valence-electron chi connectivity index (χ3n) is 6.89. The Morgan fingerprint density at radius 2 is 1.57 bits per heavy atom. The summed E-state index contributed by atoms with van der Waals surface area (Å²) in [5.41, 5.74) is 2.38. The minimum atomic E-state index is -1.43. The van der Waals surface area contributed by atoms with E-state index in [4.69, 9.17) is 0 Å². The molecule has 1 aliphatic rings. The van der Waals surface area contributed by atoms with Gasteiger partial charge in [0.2, 0.25) is 0 Å². The van der Waals surface area contributed by atoms with Gasteiger partial charge in [0.1, 0.15) is 5.82 Å². The fourth-order valence-electron chi connectivity index (χ4n) is 4.95.